The number of benzene rings is 1. The molecule has 0 aliphatic heterocycles. The smallest absolute Gasteiger partial charge is 0.222 e. The van der Waals surface area contributed by atoms with E-state index in [4.69, 9.17) is 0 Å². The van der Waals surface area contributed by atoms with Gasteiger partial charge in [-0.1, -0.05) is 18.2 Å². The molecule has 0 saturated heterocycles. The van der Waals surface area contributed by atoms with E-state index in [1.165, 1.54) is 0 Å². The lowest BCUT2D eigenvalue weighted by molar-refractivity contribution is 0.543. The van der Waals surface area contributed by atoms with Crippen LogP contribution in [0.3, 0.4) is 0 Å². The minimum absolute atomic E-state index is 0.188. The first kappa shape index (κ1) is 8.78. The third kappa shape index (κ3) is 1.84. The van der Waals surface area contributed by atoms with Gasteiger partial charge in [0.15, 0.2) is 0 Å². The van der Waals surface area contributed by atoms with Crippen molar-refractivity contribution in [3.8, 4) is 0 Å². The SMILES string of the molecule is C[C@@H]([C]=O)N(C)c1ccccc1. The van der Waals surface area contributed by atoms with Crippen LogP contribution < -0.4 is 4.90 Å². The molecule has 63 valence electrons. The van der Waals surface area contributed by atoms with Crippen LogP contribution in [0.5, 0.6) is 0 Å². The van der Waals surface area contributed by atoms with Gasteiger partial charge in [0.1, 0.15) is 0 Å². The van der Waals surface area contributed by atoms with Gasteiger partial charge in [-0.05, 0) is 19.1 Å². The summed E-state index contributed by atoms with van der Waals surface area (Å²) in [6.07, 6.45) is 1.94. The molecule has 1 radical (unpaired) electrons. The highest BCUT2D eigenvalue weighted by molar-refractivity contribution is 5.65. The second-order valence-electron chi connectivity index (χ2n) is 2.74. The molecule has 0 N–H and O–H groups in total. The second-order valence-corrected chi connectivity index (χ2v) is 2.74. The molecule has 0 spiro atoms. The highest BCUT2D eigenvalue weighted by Crippen LogP contribution is 2.12. The Bertz CT molecular complexity index is 245. The second kappa shape index (κ2) is 3.90. The first-order valence-electron chi connectivity index (χ1n) is 3.91. The molecule has 0 fully saturated rings. The molecule has 2 nitrogen and oxygen atoms in total. The van der Waals surface area contributed by atoms with Gasteiger partial charge in [-0.25, -0.2) is 0 Å². The summed E-state index contributed by atoms with van der Waals surface area (Å²) in [4.78, 5) is 12.2. The molecule has 0 bridgehead atoms. The molecule has 1 aromatic carbocycles. The van der Waals surface area contributed by atoms with Gasteiger partial charge in [-0.15, -0.1) is 0 Å². The first-order valence-corrected chi connectivity index (χ1v) is 3.91. The van der Waals surface area contributed by atoms with Gasteiger partial charge >= 0.3 is 0 Å². The maximum absolute atomic E-state index is 10.4. The van der Waals surface area contributed by atoms with Crippen LogP contribution in [0.4, 0.5) is 5.69 Å². The maximum Gasteiger partial charge on any atom is 0.222 e. The van der Waals surface area contributed by atoms with Crippen LogP contribution >= 0.6 is 0 Å². The van der Waals surface area contributed by atoms with Crippen LogP contribution in [0.25, 0.3) is 0 Å². The van der Waals surface area contributed by atoms with Crippen molar-refractivity contribution in [2.45, 2.75) is 13.0 Å². The van der Waals surface area contributed by atoms with Gasteiger partial charge in [0.25, 0.3) is 0 Å². The van der Waals surface area contributed by atoms with Crippen LogP contribution in [0.2, 0.25) is 0 Å². The lowest BCUT2D eigenvalue weighted by Crippen LogP contribution is -2.29. The first-order chi connectivity index (χ1) is 5.75. The Labute approximate surface area is 72.8 Å². The zero-order valence-electron chi connectivity index (χ0n) is 7.32. The number of carbonyl (C=O) groups excluding carboxylic acids is 1. The van der Waals surface area contributed by atoms with Crippen molar-refractivity contribution in [3.05, 3.63) is 30.3 Å². The number of nitrogens with zero attached hydrogens (tertiary/aromatic N) is 1. The summed E-state index contributed by atoms with van der Waals surface area (Å²) in [6.45, 7) is 1.82. The average Bonchev–Trinajstić information content (AvgIpc) is 2.17. The van der Waals surface area contributed by atoms with E-state index in [1.54, 1.807) is 0 Å². The van der Waals surface area contributed by atoms with Crippen molar-refractivity contribution in [1.29, 1.82) is 0 Å². The number of anilines is 1. The Morgan fingerprint density at radius 1 is 1.33 bits per heavy atom. The van der Waals surface area contributed by atoms with E-state index in [2.05, 4.69) is 0 Å². The molecule has 0 aromatic heterocycles. The zero-order chi connectivity index (χ0) is 8.97. The lowest BCUT2D eigenvalue weighted by atomic mass is 10.2. The molecule has 1 aromatic rings. The van der Waals surface area contributed by atoms with Gasteiger partial charge in [-0.2, -0.15) is 0 Å². The monoisotopic (exact) mass is 162 g/mol. The Morgan fingerprint density at radius 3 is 2.42 bits per heavy atom. The molecule has 0 amide bonds. The summed E-state index contributed by atoms with van der Waals surface area (Å²) in [5, 5.41) is 0. The van der Waals surface area contributed by atoms with E-state index in [0.717, 1.165) is 5.69 Å². The number of para-hydroxylation sites is 1. The summed E-state index contributed by atoms with van der Waals surface area (Å²) < 4.78 is 0. The van der Waals surface area contributed by atoms with E-state index in [0.29, 0.717) is 0 Å². The Balaban J connectivity index is 2.78. The highest BCUT2D eigenvalue weighted by atomic mass is 16.1. The molecule has 0 aliphatic carbocycles. The summed E-state index contributed by atoms with van der Waals surface area (Å²) in [5.41, 5.74) is 1.04. The molecule has 1 atom stereocenters. The number of hydrogen-bond acceptors (Lipinski definition) is 2. The van der Waals surface area contributed by atoms with Gasteiger partial charge in [-0.3, -0.25) is 4.79 Å². The Kier molecular flexibility index (Phi) is 2.86. The topological polar surface area (TPSA) is 20.3 Å². The number of hydrogen-bond donors (Lipinski definition) is 0. The summed E-state index contributed by atoms with van der Waals surface area (Å²) in [6, 6.07) is 9.59. The predicted molar refractivity (Wildman–Crippen MR) is 50.0 cm³/mol. The summed E-state index contributed by atoms with van der Waals surface area (Å²) in [5.74, 6) is 0. The van der Waals surface area contributed by atoms with E-state index >= 15 is 0 Å². The van der Waals surface area contributed by atoms with Gasteiger partial charge in [0.2, 0.25) is 6.29 Å². The Hall–Kier alpha value is -1.31. The van der Waals surface area contributed by atoms with Gasteiger partial charge in [0.05, 0.1) is 6.04 Å². The maximum atomic E-state index is 10.4. The molecular weight excluding hydrogens is 150 g/mol. The van der Waals surface area contributed by atoms with Crippen LogP contribution in [-0.2, 0) is 4.79 Å². The van der Waals surface area contributed by atoms with Crippen molar-refractivity contribution in [2.24, 2.45) is 0 Å². The van der Waals surface area contributed by atoms with Gasteiger partial charge in [0, 0.05) is 12.7 Å². The quantitative estimate of drug-likeness (QED) is 0.673. The van der Waals surface area contributed by atoms with Crippen molar-refractivity contribution < 1.29 is 4.79 Å². The van der Waals surface area contributed by atoms with Crippen LogP contribution in [0, 0.1) is 0 Å². The standard InChI is InChI=1S/C10H12NO/c1-9(8-12)11(2)10-6-4-3-5-7-10/h3-7,9H,1-2H3/t9-/m0/s1. The van der Waals surface area contributed by atoms with Gasteiger partial charge < -0.3 is 4.90 Å². The molecule has 2 heteroatoms. The predicted octanol–water partition coefficient (Wildman–Crippen LogP) is 1.62. The largest absolute Gasteiger partial charge is 0.364 e. The van der Waals surface area contributed by atoms with Crippen molar-refractivity contribution >= 4 is 12.0 Å². The molecule has 1 rings (SSSR count). The minimum atomic E-state index is -0.188. The summed E-state index contributed by atoms with van der Waals surface area (Å²) in [7, 11) is 1.88. The number of likely N-dealkylation sites (N-methyl/N-ethyl adjacent to an activating group) is 1. The van der Waals surface area contributed by atoms with Crippen LogP contribution in [-0.4, -0.2) is 19.4 Å². The number of rotatable bonds is 3. The van der Waals surface area contributed by atoms with Crippen molar-refractivity contribution in [3.63, 3.8) is 0 Å². The van der Waals surface area contributed by atoms with Crippen LogP contribution in [0.1, 0.15) is 6.92 Å². The van der Waals surface area contributed by atoms with E-state index in [1.807, 2.05) is 55.5 Å². The van der Waals surface area contributed by atoms with E-state index in [9.17, 15) is 4.79 Å². The fourth-order valence-corrected chi connectivity index (χ4v) is 0.966. The summed E-state index contributed by atoms with van der Waals surface area (Å²) >= 11 is 0. The fourth-order valence-electron chi connectivity index (χ4n) is 0.966. The normalized spacial score (nSPS) is 12.2. The molecule has 0 aliphatic rings. The molecule has 0 unspecified atom stereocenters. The Morgan fingerprint density at radius 2 is 1.92 bits per heavy atom. The molecule has 0 heterocycles. The third-order valence-corrected chi connectivity index (χ3v) is 1.91. The third-order valence-electron chi connectivity index (χ3n) is 1.91. The minimum Gasteiger partial charge on any atom is -0.364 e. The molecule has 12 heavy (non-hydrogen) atoms. The molecular formula is C10H12NO. The molecule has 0 saturated carbocycles. The van der Waals surface area contributed by atoms with Crippen molar-refractivity contribution in [2.75, 3.05) is 11.9 Å². The van der Waals surface area contributed by atoms with Crippen molar-refractivity contribution in [1.82, 2.24) is 0 Å². The van der Waals surface area contributed by atoms with E-state index in [-0.39, 0.29) is 6.04 Å². The van der Waals surface area contributed by atoms with Crippen LogP contribution in [0.15, 0.2) is 30.3 Å². The lowest BCUT2D eigenvalue weighted by Gasteiger charge is -2.21. The average molecular weight is 162 g/mol. The fraction of sp³-hybridized carbons (Fsp3) is 0.300. The highest BCUT2D eigenvalue weighted by Gasteiger charge is 2.07. The zero-order valence-corrected chi connectivity index (χ0v) is 7.32. The van der Waals surface area contributed by atoms with E-state index < -0.39 is 0 Å².